The summed E-state index contributed by atoms with van der Waals surface area (Å²) in [5.74, 6) is 1.04. The van der Waals surface area contributed by atoms with Crippen LogP contribution in [0.1, 0.15) is 34.1 Å². The minimum absolute atomic E-state index is 0.139. The molecular weight excluding hydrogens is 368 g/mol. The first kappa shape index (κ1) is 18.8. The molecule has 1 aliphatic rings. The van der Waals surface area contributed by atoms with Crippen LogP contribution >= 0.6 is 23.1 Å². The molecule has 7 heteroatoms. The molecular formula is C19H22N2O3S2. The molecule has 0 fully saturated rings. The highest BCUT2D eigenvalue weighted by molar-refractivity contribution is 8.00. The molecule has 1 heterocycles. The molecule has 0 spiro atoms. The van der Waals surface area contributed by atoms with E-state index in [2.05, 4.69) is 12.2 Å². The number of nitrogens with one attached hydrogen (secondary N) is 1. The molecule has 3 N–H and O–H groups in total. The number of hydrogen-bond donors (Lipinski definition) is 2. The number of fused-ring (bicyclic) bond motifs is 1. The molecule has 138 valence electrons. The van der Waals surface area contributed by atoms with Gasteiger partial charge >= 0.3 is 0 Å². The molecule has 1 aromatic carbocycles. The van der Waals surface area contributed by atoms with Crippen LogP contribution in [0.2, 0.25) is 0 Å². The van der Waals surface area contributed by atoms with Crippen molar-refractivity contribution in [1.82, 2.24) is 0 Å². The molecule has 2 aromatic rings. The molecule has 0 saturated heterocycles. The van der Waals surface area contributed by atoms with Crippen LogP contribution < -0.4 is 15.8 Å². The summed E-state index contributed by atoms with van der Waals surface area (Å²) in [6.07, 6.45) is 2.84. The molecule has 0 bridgehead atoms. The molecule has 1 aliphatic carbocycles. The number of primary amides is 1. The Kier molecular flexibility index (Phi) is 5.88. The largest absolute Gasteiger partial charge is 0.497 e. The number of thiophene rings is 1. The highest BCUT2D eigenvalue weighted by Crippen LogP contribution is 2.39. The lowest BCUT2D eigenvalue weighted by Crippen LogP contribution is -2.20. The lowest BCUT2D eigenvalue weighted by Gasteiger charge is -2.18. The monoisotopic (exact) mass is 390 g/mol. The minimum atomic E-state index is -0.463. The predicted molar refractivity (Wildman–Crippen MR) is 106 cm³/mol. The van der Waals surface area contributed by atoms with E-state index in [1.165, 1.54) is 28.0 Å². The molecule has 1 atom stereocenters. The van der Waals surface area contributed by atoms with E-state index in [-0.39, 0.29) is 11.7 Å². The number of rotatable bonds is 6. The Hall–Kier alpha value is -1.99. The zero-order chi connectivity index (χ0) is 18.7. The summed E-state index contributed by atoms with van der Waals surface area (Å²) in [4.78, 5) is 26.4. The Bertz CT molecular complexity index is 815. The second kappa shape index (κ2) is 8.14. The summed E-state index contributed by atoms with van der Waals surface area (Å²) in [5, 5.41) is 3.48. The smallest absolute Gasteiger partial charge is 0.251 e. The Balaban J connectivity index is 1.67. The first-order chi connectivity index (χ1) is 12.5. The first-order valence-corrected chi connectivity index (χ1v) is 10.3. The zero-order valence-electron chi connectivity index (χ0n) is 14.8. The van der Waals surface area contributed by atoms with Gasteiger partial charge in [0, 0.05) is 9.77 Å². The lowest BCUT2D eigenvalue weighted by atomic mass is 9.88. The number of amides is 2. The standard InChI is InChI=1S/C19H22N2O3S2/c1-11-3-8-14-15(9-11)26-19(17(14)18(20)23)21-16(22)10-25-13-6-4-12(24-2)5-7-13/h4-7,11H,3,8-10H2,1-2H3,(H2,20,23)(H,21,22). The average molecular weight is 391 g/mol. The molecule has 3 rings (SSSR count). The van der Waals surface area contributed by atoms with E-state index in [0.29, 0.717) is 16.5 Å². The van der Waals surface area contributed by atoms with Crippen LogP contribution in [0.5, 0.6) is 5.75 Å². The van der Waals surface area contributed by atoms with Gasteiger partial charge in [-0.3, -0.25) is 9.59 Å². The lowest BCUT2D eigenvalue weighted by molar-refractivity contribution is -0.113. The van der Waals surface area contributed by atoms with Crippen molar-refractivity contribution >= 4 is 39.9 Å². The van der Waals surface area contributed by atoms with Crippen LogP contribution in [0.15, 0.2) is 29.2 Å². The quantitative estimate of drug-likeness (QED) is 0.737. The van der Waals surface area contributed by atoms with Gasteiger partial charge in [0.2, 0.25) is 5.91 Å². The van der Waals surface area contributed by atoms with Gasteiger partial charge in [0.05, 0.1) is 18.4 Å². The van der Waals surface area contributed by atoms with Gasteiger partial charge in [0.1, 0.15) is 10.8 Å². The second-order valence-electron chi connectivity index (χ2n) is 6.43. The average Bonchev–Trinajstić information content (AvgIpc) is 2.97. The van der Waals surface area contributed by atoms with Crippen molar-refractivity contribution in [1.29, 1.82) is 0 Å². The summed E-state index contributed by atoms with van der Waals surface area (Å²) in [6, 6.07) is 7.55. The van der Waals surface area contributed by atoms with Crippen molar-refractivity contribution < 1.29 is 14.3 Å². The number of thioether (sulfide) groups is 1. The highest BCUT2D eigenvalue weighted by Gasteiger charge is 2.27. The maximum Gasteiger partial charge on any atom is 0.251 e. The van der Waals surface area contributed by atoms with E-state index >= 15 is 0 Å². The van der Waals surface area contributed by atoms with E-state index in [0.717, 1.165) is 35.5 Å². The van der Waals surface area contributed by atoms with Crippen LogP contribution in [0.25, 0.3) is 0 Å². The molecule has 5 nitrogen and oxygen atoms in total. The van der Waals surface area contributed by atoms with Crippen molar-refractivity contribution in [2.75, 3.05) is 18.2 Å². The van der Waals surface area contributed by atoms with Crippen LogP contribution in [-0.2, 0) is 17.6 Å². The number of carbonyl (C=O) groups is 2. The van der Waals surface area contributed by atoms with Gasteiger partial charge in [-0.1, -0.05) is 6.92 Å². The van der Waals surface area contributed by atoms with Gasteiger partial charge in [0.15, 0.2) is 0 Å². The molecule has 0 radical (unpaired) electrons. The number of benzene rings is 1. The van der Waals surface area contributed by atoms with Gasteiger partial charge < -0.3 is 15.8 Å². The summed E-state index contributed by atoms with van der Waals surface area (Å²) >= 11 is 2.93. The normalized spacial score (nSPS) is 16.0. The van der Waals surface area contributed by atoms with Crippen molar-refractivity contribution in [2.24, 2.45) is 11.7 Å². The van der Waals surface area contributed by atoms with Crippen molar-refractivity contribution in [3.63, 3.8) is 0 Å². The maximum atomic E-state index is 12.4. The maximum absolute atomic E-state index is 12.4. The van der Waals surface area contributed by atoms with Gasteiger partial charge in [-0.15, -0.1) is 23.1 Å². The Morgan fingerprint density at radius 3 is 2.73 bits per heavy atom. The zero-order valence-corrected chi connectivity index (χ0v) is 16.5. The number of hydrogen-bond acceptors (Lipinski definition) is 5. The van der Waals surface area contributed by atoms with Gasteiger partial charge in [-0.2, -0.15) is 0 Å². The fraction of sp³-hybridized carbons (Fsp3) is 0.368. The molecule has 0 aliphatic heterocycles. The van der Waals surface area contributed by atoms with E-state index in [1.54, 1.807) is 7.11 Å². The predicted octanol–water partition coefficient (Wildman–Crippen LogP) is 3.71. The number of carbonyl (C=O) groups excluding carboxylic acids is 2. The van der Waals surface area contributed by atoms with Gasteiger partial charge in [0.25, 0.3) is 5.91 Å². The second-order valence-corrected chi connectivity index (χ2v) is 8.59. The molecule has 2 amide bonds. The SMILES string of the molecule is COc1ccc(SCC(=O)Nc2sc3c(c2C(N)=O)CCC(C)C3)cc1. The van der Waals surface area contributed by atoms with Crippen molar-refractivity contribution in [3.8, 4) is 5.75 Å². The van der Waals surface area contributed by atoms with Gasteiger partial charge in [-0.25, -0.2) is 0 Å². The van der Waals surface area contributed by atoms with E-state index in [4.69, 9.17) is 10.5 Å². The summed E-state index contributed by atoms with van der Waals surface area (Å²) in [6.45, 7) is 2.20. The Morgan fingerprint density at radius 2 is 2.08 bits per heavy atom. The van der Waals surface area contributed by atoms with Crippen LogP contribution in [0.4, 0.5) is 5.00 Å². The van der Waals surface area contributed by atoms with Crippen molar-refractivity contribution in [3.05, 3.63) is 40.3 Å². The number of methoxy groups -OCH3 is 1. The van der Waals surface area contributed by atoms with Crippen LogP contribution in [-0.4, -0.2) is 24.7 Å². The number of ether oxygens (including phenoxy) is 1. The molecule has 1 unspecified atom stereocenters. The fourth-order valence-electron chi connectivity index (χ4n) is 3.08. The minimum Gasteiger partial charge on any atom is -0.497 e. The highest BCUT2D eigenvalue weighted by atomic mass is 32.2. The topological polar surface area (TPSA) is 81.4 Å². The van der Waals surface area contributed by atoms with E-state index in [1.807, 2.05) is 24.3 Å². The number of nitrogens with two attached hydrogens (primary N) is 1. The summed E-state index contributed by atoms with van der Waals surface area (Å²) in [7, 11) is 1.62. The van der Waals surface area contributed by atoms with Crippen molar-refractivity contribution in [2.45, 2.75) is 31.1 Å². The molecule has 0 saturated carbocycles. The molecule has 26 heavy (non-hydrogen) atoms. The van der Waals surface area contributed by atoms with E-state index in [9.17, 15) is 9.59 Å². The Morgan fingerprint density at radius 1 is 1.35 bits per heavy atom. The van der Waals surface area contributed by atoms with Crippen LogP contribution in [0, 0.1) is 5.92 Å². The summed E-state index contributed by atoms with van der Waals surface area (Å²) < 4.78 is 5.13. The Labute approximate surface area is 161 Å². The number of anilines is 1. The summed E-state index contributed by atoms with van der Waals surface area (Å²) in [5.41, 5.74) is 7.11. The molecule has 1 aromatic heterocycles. The van der Waals surface area contributed by atoms with Crippen LogP contribution in [0.3, 0.4) is 0 Å². The third-order valence-corrected chi connectivity index (χ3v) is 6.62. The third-order valence-electron chi connectivity index (χ3n) is 4.44. The van der Waals surface area contributed by atoms with E-state index < -0.39 is 5.91 Å². The third kappa shape index (κ3) is 4.22. The van der Waals surface area contributed by atoms with Gasteiger partial charge in [-0.05, 0) is 55.0 Å². The fourth-order valence-corrected chi connectivity index (χ4v) is 5.21. The first-order valence-electron chi connectivity index (χ1n) is 8.49.